The van der Waals surface area contributed by atoms with Crippen LogP contribution in [0.15, 0.2) is 54.9 Å². The highest BCUT2D eigenvalue weighted by molar-refractivity contribution is 5.62. The molecular weight excluding hydrogens is 212 g/mol. The van der Waals surface area contributed by atoms with E-state index in [1.807, 2.05) is 60.2 Å². The highest BCUT2D eigenvalue weighted by atomic mass is 16.3. The summed E-state index contributed by atoms with van der Waals surface area (Å²) in [5.74, 6) is 0. The average Bonchev–Trinajstić information content (AvgIpc) is 2.65. The minimum atomic E-state index is -1.16. The fraction of sp³-hybridized carbons (Fsp3) is 0.143. The third-order valence-corrected chi connectivity index (χ3v) is 3.09. The molecule has 0 amide bonds. The van der Waals surface area contributed by atoms with Crippen molar-refractivity contribution in [3.63, 3.8) is 0 Å². The molecule has 0 aliphatic carbocycles. The normalized spacial score (nSPS) is 22.1. The van der Waals surface area contributed by atoms with E-state index < -0.39 is 5.72 Å². The van der Waals surface area contributed by atoms with Crippen molar-refractivity contribution in [3.05, 3.63) is 66.3 Å². The van der Waals surface area contributed by atoms with Crippen molar-refractivity contribution in [2.24, 2.45) is 0 Å². The molecule has 3 nitrogen and oxygen atoms in total. The summed E-state index contributed by atoms with van der Waals surface area (Å²) in [4.78, 5) is 4.25. The Morgan fingerprint density at radius 3 is 2.76 bits per heavy atom. The summed E-state index contributed by atoms with van der Waals surface area (Å²) >= 11 is 0. The Balaban J connectivity index is 2.24. The number of allylic oxidation sites excluding steroid dienone is 1. The van der Waals surface area contributed by atoms with Gasteiger partial charge in [0.1, 0.15) is 5.69 Å². The number of hydrogen-bond donors (Lipinski definition) is 1. The number of hydrogen-bond acceptors (Lipinski definition) is 2. The fourth-order valence-corrected chi connectivity index (χ4v) is 2.28. The maximum atomic E-state index is 10.8. The van der Waals surface area contributed by atoms with Gasteiger partial charge in [-0.3, -0.25) is 4.98 Å². The monoisotopic (exact) mass is 225 g/mol. The second-order valence-electron chi connectivity index (χ2n) is 4.22. The van der Waals surface area contributed by atoms with Gasteiger partial charge in [0.2, 0.25) is 5.69 Å². The van der Waals surface area contributed by atoms with Crippen LogP contribution in [-0.4, -0.2) is 10.1 Å². The first-order valence-electron chi connectivity index (χ1n) is 5.57. The molecule has 1 aliphatic rings. The van der Waals surface area contributed by atoms with Crippen LogP contribution in [0.4, 0.5) is 0 Å². The van der Waals surface area contributed by atoms with Gasteiger partial charge in [-0.2, -0.15) is 4.57 Å². The topological polar surface area (TPSA) is 37.0 Å². The Morgan fingerprint density at radius 2 is 2.00 bits per heavy atom. The van der Waals surface area contributed by atoms with Crippen molar-refractivity contribution < 1.29 is 9.67 Å². The number of rotatable bonds is 1. The number of fused-ring (bicyclic) bond motifs is 1. The Bertz CT molecular complexity index is 592. The molecule has 2 aromatic rings. The minimum absolute atomic E-state index is 0.634. The highest BCUT2D eigenvalue weighted by Crippen LogP contribution is 2.28. The van der Waals surface area contributed by atoms with E-state index in [-0.39, 0.29) is 0 Å². The molecule has 3 rings (SSSR count). The van der Waals surface area contributed by atoms with Gasteiger partial charge >= 0.3 is 5.72 Å². The van der Waals surface area contributed by atoms with E-state index in [2.05, 4.69) is 4.98 Å². The molecule has 17 heavy (non-hydrogen) atoms. The van der Waals surface area contributed by atoms with E-state index in [0.29, 0.717) is 5.69 Å². The first-order chi connectivity index (χ1) is 8.22. The maximum absolute atomic E-state index is 10.8. The molecule has 0 radical (unpaired) electrons. The van der Waals surface area contributed by atoms with Gasteiger partial charge in [0.05, 0.1) is 0 Å². The summed E-state index contributed by atoms with van der Waals surface area (Å²) in [7, 11) is 0. The predicted octanol–water partition coefficient (Wildman–Crippen LogP) is 1.48. The lowest BCUT2D eigenvalue weighted by atomic mass is 10.1. The summed E-state index contributed by atoms with van der Waals surface area (Å²) in [6, 6.07) is 11.4. The van der Waals surface area contributed by atoms with Crippen molar-refractivity contribution in [1.29, 1.82) is 0 Å². The van der Waals surface area contributed by atoms with Gasteiger partial charge in [0, 0.05) is 30.0 Å². The molecule has 3 heterocycles. The lowest BCUT2D eigenvalue weighted by Gasteiger charge is -2.15. The Labute approximate surface area is 99.7 Å². The van der Waals surface area contributed by atoms with Crippen LogP contribution in [0.5, 0.6) is 0 Å². The van der Waals surface area contributed by atoms with Crippen LogP contribution in [-0.2, 0) is 5.72 Å². The summed E-state index contributed by atoms with van der Waals surface area (Å²) < 4.78 is 1.84. The fourth-order valence-electron chi connectivity index (χ4n) is 2.28. The van der Waals surface area contributed by atoms with Gasteiger partial charge in [-0.05, 0) is 25.1 Å². The van der Waals surface area contributed by atoms with Gasteiger partial charge in [0.25, 0.3) is 0 Å². The van der Waals surface area contributed by atoms with Crippen molar-refractivity contribution in [2.75, 3.05) is 0 Å². The zero-order valence-electron chi connectivity index (χ0n) is 9.54. The van der Waals surface area contributed by atoms with E-state index in [1.165, 1.54) is 0 Å². The SMILES string of the molecule is CC1=CC(O)(c2ccccn2)[n+]2ccccc21. The van der Waals surface area contributed by atoms with E-state index in [0.717, 1.165) is 11.3 Å². The zero-order valence-corrected chi connectivity index (χ0v) is 9.54. The quantitative estimate of drug-likeness (QED) is 0.746. The molecule has 1 unspecified atom stereocenters. The van der Waals surface area contributed by atoms with E-state index in [1.54, 1.807) is 6.20 Å². The summed E-state index contributed by atoms with van der Waals surface area (Å²) in [5.41, 5.74) is 1.54. The second kappa shape index (κ2) is 3.50. The van der Waals surface area contributed by atoms with Crippen molar-refractivity contribution in [2.45, 2.75) is 12.6 Å². The summed E-state index contributed by atoms with van der Waals surface area (Å²) in [6.45, 7) is 1.99. The van der Waals surface area contributed by atoms with Crippen molar-refractivity contribution in [1.82, 2.24) is 4.98 Å². The number of nitrogens with zero attached hydrogens (tertiary/aromatic N) is 2. The van der Waals surface area contributed by atoms with Crippen molar-refractivity contribution in [3.8, 4) is 0 Å². The number of pyridine rings is 2. The van der Waals surface area contributed by atoms with Gasteiger partial charge < -0.3 is 5.11 Å². The molecule has 2 aromatic heterocycles. The molecule has 0 fully saturated rings. The minimum Gasteiger partial charge on any atom is -0.326 e. The van der Waals surface area contributed by atoms with Gasteiger partial charge in [-0.15, -0.1) is 0 Å². The molecule has 3 heteroatoms. The van der Waals surface area contributed by atoms with E-state index in [4.69, 9.17) is 0 Å². The highest BCUT2D eigenvalue weighted by Gasteiger charge is 2.45. The van der Waals surface area contributed by atoms with Crippen LogP contribution in [0.1, 0.15) is 18.3 Å². The Morgan fingerprint density at radius 1 is 1.18 bits per heavy atom. The van der Waals surface area contributed by atoms with Gasteiger partial charge in [0.15, 0.2) is 6.20 Å². The zero-order chi connectivity index (χ0) is 11.9. The van der Waals surface area contributed by atoms with E-state index in [9.17, 15) is 5.11 Å². The first-order valence-corrected chi connectivity index (χ1v) is 5.57. The largest absolute Gasteiger partial charge is 0.335 e. The smallest absolute Gasteiger partial charge is 0.326 e. The molecule has 0 spiro atoms. The Hall–Kier alpha value is -2.00. The Kier molecular flexibility index (Phi) is 2.09. The lowest BCUT2D eigenvalue weighted by molar-refractivity contribution is -0.779. The summed E-state index contributed by atoms with van der Waals surface area (Å²) in [5, 5.41) is 10.8. The van der Waals surface area contributed by atoms with Gasteiger partial charge in [-0.25, -0.2) is 0 Å². The maximum Gasteiger partial charge on any atom is 0.335 e. The van der Waals surface area contributed by atoms with Crippen LogP contribution < -0.4 is 4.57 Å². The molecule has 0 saturated carbocycles. The molecule has 1 aliphatic heterocycles. The van der Waals surface area contributed by atoms with Crippen LogP contribution in [0.2, 0.25) is 0 Å². The standard InChI is InChI=1S/C14H13N2O/c1-11-10-14(17,13-7-2-4-8-15-13)16-9-5-3-6-12(11)16/h2-10,17H,1H3/q+1. The van der Waals surface area contributed by atoms with Crippen LogP contribution in [0, 0.1) is 0 Å². The van der Waals surface area contributed by atoms with Crippen LogP contribution in [0.3, 0.4) is 0 Å². The lowest BCUT2D eigenvalue weighted by Crippen LogP contribution is -2.55. The van der Waals surface area contributed by atoms with Gasteiger partial charge in [-0.1, -0.05) is 6.07 Å². The molecule has 84 valence electrons. The third kappa shape index (κ3) is 1.40. The van der Waals surface area contributed by atoms with Crippen molar-refractivity contribution >= 4 is 5.57 Å². The second-order valence-corrected chi connectivity index (χ2v) is 4.22. The molecule has 0 aromatic carbocycles. The number of aromatic nitrogens is 2. The molecule has 1 atom stereocenters. The van der Waals surface area contributed by atoms with E-state index >= 15 is 0 Å². The van der Waals surface area contributed by atoms with Crippen LogP contribution in [0.25, 0.3) is 5.57 Å². The predicted molar refractivity (Wildman–Crippen MR) is 63.8 cm³/mol. The molecule has 1 N–H and O–H groups in total. The molecule has 0 saturated heterocycles. The average molecular weight is 225 g/mol. The first kappa shape index (κ1) is 10.2. The number of aliphatic hydroxyl groups is 1. The van der Waals surface area contributed by atoms with Crippen LogP contribution >= 0.6 is 0 Å². The summed E-state index contributed by atoms with van der Waals surface area (Å²) in [6.07, 6.45) is 5.40. The third-order valence-electron chi connectivity index (χ3n) is 3.09. The molecule has 0 bridgehead atoms. The molecular formula is C14H13N2O+.